The molecule has 5 heteroatoms. The van der Waals surface area contributed by atoms with Crippen molar-refractivity contribution in [1.82, 2.24) is 4.31 Å². The van der Waals surface area contributed by atoms with E-state index in [1.54, 1.807) is 19.1 Å². The number of benzene rings is 1. The molecule has 1 amide bonds. The maximum absolute atomic E-state index is 13.1. The summed E-state index contributed by atoms with van der Waals surface area (Å²) in [5, 5.41) is 0. The van der Waals surface area contributed by atoms with Crippen LogP contribution in [0.3, 0.4) is 0 Å². The molecule has 4 nitrogen and oxygen atoms in total. The number of sulfonamides is 1. The number of hydrogen-bond donors (Lipinski definition) is 0. The predicted molar refractivity (Wildman–Crippen MR) is 101 cm³/mol. The van der Waals surface area contributed by atoms with Crippen molar-refractivity contribution in [3.63, 3.8) is 0 Å². The Morgan fingerprint density at radius 1 is 1.28 bits per heavy atom. The van der Waals surface area contributed by atoms with Crippen molar-refractivity contribution in [2.45, 2.75) is 51.0 Å². The summed E-state index contributed by atoms with van der Waals surface area (Å²) in [6, 6.07) is 5.85. The van der Waals surface area contributed by atoms with Gasteiger partial charge in [-0.2, -0.15) is 0 Å². The third-order valence-corrected chi connectivity index (χ3v) is 6.15. The standard InChI is InChI=1S/C20H25NO3S/c1-6-8-9-17-18(7-2)21(20(22)19(17)14(3)4)25(23,24)16-12-10-15(5)11-13-16/h7,10-13,18H,2-3,6,8-9H2,1,4-5H3. The Kier molecular flexibility index (Phi) is 5.68. The van der Waals surface area contributed by atoms with Crippen LogP contribution in [0.25, 0.3) is 0 Å². The first kappa shape index (κ1) is 19.2. The second-order valence-electron chi connectivity index (χ2n) is 6.38. The lowest BCUT2D eigenvalue weighted by molar-refractivity contribution is -0.121. The highest BCUT2D eigenvalue weighted by molar-refractivity contribution is 7.89. The molecule has 2 rings (SSSR count). The third kappa shape index (κ3) is 3.47. The number of carbonyl (C=O) groups is 1. The fourth-order valence-electron chi connectivity index (χ4n) is 3.08. The zero-order valence-electron chi connectivity index (χ0n) is 15.1. The highest BCUT2D eigenvalue weighted by atomic mass is 32.2. The van der Waals surface area contributed by atoms with Crippen molar-refractivity contribution in [2.24, 2.45) is 0 Å². The summed E-state index contributed by atoms with van der Waals surface area (Å²) in [6.45, 7) is 13.3. The molecule has 0 saturated carbocycles. The number of nitrogens with zero attached hydrogens (tertiary/aromatic N) is 1. The van der Waals surface area contributed by atoms with Crippen molar-refractivity contribution in [3.05, 3.63) is 65.8 Å². The van der Waals surface area contributed by atoms with Crippen LogP contribution in [0.5, 0.6) is 0 Å². The molecule has 0 N–H and O–H groups in total. The maximum atomic E-state index is 13.1. The van der Waals surface area contributed by atoms with Crippen molar-refractivity contribution in [3.8, 4) is 0 Å². The number of unbranched alkanes of at least 4 members (excludes halogenated alkanes) is 1. The van der Waals surface area contributed by atoms with Gasteiger partial charge < -0.3 is 0 Å². The van der Waals surface area contributed by atoms with E-state index in [9.17, 15) is 13.2 Å². The van der Waals surface area contributed by atoms with Gasteiger partial charge >= 0.3 is 0 Å². The normalized spacial score (nSPS) is 18.0. The number of rotatable bonds is 7. The van der Waals surface area contributed by atoms with Gasteiger partial charge in [0.1, 0.15) is 0 Å². The van der Waals surface area contributed by atoms with E-state index in [1.165, 1.54) is 18.2 Å². The third-order valence-electron chi connectivity index (χ3n) is 4.37. The molecule has 0 fully saturated rings. The highest BCUT2D eigenvalue weighted by Gasteiger charge is 2.44. The zero-order valence-corrected chi connectivity index (χ0v) is 15.9. The summed E-state index contributed by atoms with van der Waals surface area (Å²) in [5.74, 6) is -0.510. The number of carbonyl (C=O) groups excluding carboxylic acids is 1. The van der Waals surface area contributed by atoms with Crippen LogP contribution < -0.4 is 0 Å². The molecular formula is C20H25NO3S. The highest BCUT2D eigenvalue weighted by Crippen LogP contribution is 2.37. The Morgan fingerprint density at radius 3 is 2.36 bits per heavy atom. The van der Waals surface area contributed by atoms with Crippen LogP contribution in [0.4, 0.5) is 0 Å². The molecule has 1 aromatic rings. The lowest BCUT2D eigenvalue weighted by Crippen LogP contribution is -2.39. The molecule has 1 unspecified atom stereocenters. The van der Waals surface area contributed by atoms with Crippen molar-refractivity contribution in [2.75, 3.05) is 0 Å². The van der Waals surface area contributed by atoms with Gasteiger partial charge in [-0.05, 0) is 50.0 Å². The minimum atomic E-state index is -3.96. The summed E-state index contributed by atoms with van der Waals surface area (Å²) in [6.07, 6.45) is 4.02. The molecule has 134 valence electrons. The topological polar surface area (TPSA) is 54.5 Å². The maximum Gasteiger partial charge on any atom is 0.268 e. The van der Waals surface area contributed by atoms with Crippen molar-refractivity contribution >= 4 is 15.9 Å². The molecule has 25 heavy (non-hydrogen) atoms. The van der Waals surface area contributed by atoms with Crippen LogP contribution in [0.2, 0.25) is 0 Å². The van der Waals surface area contributed by atoms with Crippen LogP contribution in [-0.4, -0.2) is 24.7 Å². The first-order valence-corrected chi connectivity index (χ1v) is 9.86. The second-order valence-corrected chi connectivity index (χ2v) is 8.20. The van der Waals surface area contributed by atoms with E-state index in [1.807, 2.05) is 6.92 Å². The number of hydrogen-bond acceptors (Lipinski definition) is 3. The minimum Gasteiger partial charge on any atom is -0.268 e. The lowest BCUT2D eigenvalue weighted by Gasteiger charge is -2.24. The van der Waals surface area contributed by atoms with Gasteiger partial charge in [-0.25, -0.2) is 12.7 Å². The molecule has 1 aromatic carbocycles. The van der Waals surface area contributed by atoms with E-state index in [-0.39, 0.29) is 4.90 Å². The van der Waals surface area contributed by atoms with E-state index in [4.69, 9.17) is 0 Å². The minimum absolute atomic E-state index is 0.108. The van der Waals surface area contributed by atoms with Gasteiger partial charge in [0.05, 0.1) is 10.9 Å². The summed E-state index contributed by atoms with van der Waals surface area (Å²) in [4.78, 5) is 13.1. The monoisotopic (exact) mass is 359 g/mol. The summed E-state index contributed by atoms with van der Waals surface area (Å²) in [7, 11) is -3.96. The van der Waals surface area contributed by atoms with Gasteiger partial charge in [0.2, 0.25) is 0 Å². The molecule has 0 spiro atoms. The summed E-state index contributed by atoms with van der Waals surface area (Å²) >= 11 is 0. The van der Waals surface area contributed by atoms with E-state index in [0.717, 1.165) is 28.3 Å². The van der Waals surface area contributed by atoms with E-state index >= 15 is 0 Å². The molecule has 1 heterocycles. The first-order chi connectivity index (χ1) is 11.8. The van der Waals surface area contributed by atoms with Gasteiger partial charge in [-0.3, -0.25) is 4.79 Å². The smallest absolute Gasteiger partial charge is 0.268 e. The summed E-state index contributed by atoms with van der Waals surface area (Å²) < 4.78 is 27.2. The van der Waals surface area contributed by atoms with Crippen LogP contribution in [0.1, 0.15) is 38.7 Å². The number of amides is 1. The Balaban J connectivity index is 2.55. The van der Waals surface area contributed by atoms with E-state index in [2.05, 4.69) is 20.1 Å². The number of aryl methyl sites for hydroxylation is 1. The lowest BCUT2D eigenvalue weighted by atomic mass is 9.96. The first-order valence-electron chi connectivity index (χ1n) is 8.42. The quantitative estimate of drug-likeness (QED) is 0.688. The van der Waals surface area contributed by atoms with Gasteiger partial charge in [-0.1, -0.05) is 43.7 Å². The molecule has 0 bridgehead atoms. The van der Waals surface area contributed by atoms with Crippen LogP contribution in [-0.2, 0) is 14.8 Å². The van der Waals surface area contributed by atoms with Crippen LogP contribution in [0, 0.1) is 6.92 Å². The Hall–Kier alpha value is -2.14. The second kappa shape index (κ2) is 7.40. The van der Waals surface area contributed by atoms with Gasteiger partial charge in [-0.15, -0.1) is 6.58 Å². The van der Waals surface area contributed by atoms with Crippen molar-refractivity contribution in [1.29, 1.82) is 0 Å². The van der Waals surface area contributed by atoms with Crippen LogP contribution >= 0.6 is 0 Å². The van der Waals surface area contributed by atoms with Crippen LogP contribution in [0.15, 0.2) is 65.1 Å². The van der Waals surface area contributed by atoms with Gasteiger partial charge in [0.15, 0.2) is 0 Å². The van der Waals surface area contributed by atoms with Gasteiger partial charge in [0.25, 0.3) is 15.9 Å². The largest absolute Gasteiger partial charge is 0.268 e. The molecular weight excluding hydrogens is 334 g/mol. The summed E-state index contributed by atoms with van der Waals surface area (Å²) in [5.41, 5.74) is 2.76. The molecule has 1 aliphatic heterocycles. The average Bonchev–Trinajstić information content (AvgIpc) is 2.85. The Labute approximate surface area is 150 Å². The SMILES string of the molecule is C=CC1C(CCCC)=C(C(=C)C)C(=O)N1S(=O)(=O)c1ccc(C)cc1. The fourth-order valence-corrected chi connectivity index (χ4v) is 4.61. The molecule has 0 aromatic heterocycles. The van der Waals surface area contributed by atoms with Gasteiger partial charge in [0, 0.05) is 5.57 Å². The molecule has 1 atom stereocenters. The Morgan fingerprint density at radius 2 is 1.88 bits per heavy atom. The molecule has 1 aliphatic rings. The molecule has 0 radical (unpaired) electrons. The average molecular weight is 359 g/mol. The van der Waals surface area contributed by atoms with E-state index in [0.29, 0.717) is 17.6 Å². The predicted octanol–water partition coefficient (Wildman–Crippen LogP) is 4.14. The van der Waals surface area contributed by atoms with E-state index < -0.39 is 22.0 Å². The fraction of sp³-hybridized carbons (Fsp3) is 0.350. The van der Waals surface area contributed by atoms with Crippen molar-refractivity contribution < 1.29 is 13.2 Å². The zero-order chi connectivity index (χ0) is 18.8. The Bertz CT molecular complexity index is 832. The molecule has 0 saturated heterocycles. The molecule has 0 aliphatic carbocycles.